The van der Waals surface area contributed by atoms with Crippen molar-refractivity contribution >= 4 is 11.8 Å². The van der Waals surface area contributed by atoms with Crippen molar-refractivity contribution in [3.05, 3.63) is 65.0 Å². The fourth-order valence-electron chi connectivity index (χ4n) is 4.80. The van der Waals surface area contributed by atoms with Crippen LogP contribution >= 0.6 is 0 Å². The van der Waals surface area contributed by atoms with E-state index in [0.717, 1.165) is 49.1 Å². The van der Waals surface area contributed by atoms with E-state index in [-0.39, 0.29) is 24.4 Å². The molecule has 2 aromatic rings. The van der Waals surface area contributed by atoms with Gasteiger partial charge >= 0.3 is 6.09 Å². The van der Waals surface area contributed by atoms with Gasteiger partial charge in [-0.15, -0.1) is 0 Å². The zero-order valence-electron chi connectivity index (χ0n) is 19.0. The molecule has 1 N–H and O–H groups in total. The molecule has 0 unspecified atom stereocenters. The monoisotopic (exact) mass is 438 g/mol. The second-order valence-electron chi connectivity index (χ2n) is 9.70. The Morgan fingerprint density at radius 1 is 1.19 bits per heavy atom. The van der Waals surface area contributed by atoms with Crippen LogP contribution in [0.3, 0.4) is 0 Å². The van der Waals surface area contributed by atoms with Gasteiger partial charge in [0.1, 0.15) is 18.2 Å². The minimum absolute atomic E-state index is 0.173. The molecule has 0 aromatic heterocycles. The average molecular weight is 439 g/mol. The van der Waals surface area contributed by atoms with E-state index in [1.807, 2.05) is 45.0 Å². The second kappa shape index (κ2) is 8.57. The molecule has 0 spiro atoms. The average Bonchev–Trinajstić information content (AvgIpc) is 2.70. The van der Waals surface area contributed by atoms with Crippen LogP contribution in [0.1, 0.15) is 56.7 Å². The molecular formula is C26H31FN2O3. The van der Waals surface area contributed by atoms with Gasteiger partial charge in [-0.1, -0.05) is 24.6 Å². The van der Waals surface area contributed by atoms with Crippen LogP contribution in [0, 0.1) is 5.82 Å². The lowest BCUT2D eigenvalue weighted by Crippen LogP contribution is -2.46. The first-order chi connectivity index (χ1) is 15.2. The number of benzene rings is 2. The zero-order valence-corrected chi connectivity index (χ0v) is 19.0. The summed E-state index contributed by atoms with van der Waals surface area (Å²) in [4.78, 5) is 17.9. The Bertz CT molecular complexity index is 1020. The van der Waals surface area contributed by atoms with E-state index in [1.54, 1.807) is 0 Å². The molecule has 1 aliphatic heterocycles. The van der Waals surface area contributed by atoms with Crippen molar-refractivity contribution in [3.63, 3.8) is 0 Å². The molecule has 1 aliphatic carbocycles. The molecule has 0 bridgehead atoms. The van der Waals surface area contributed by atoms with Crippen molar-refractivity contribution in [2.24, 2.45) is 4.99 Å². The Hall–Kier alpha value is -2.89. The van der Waals surface area contributed by atoms with Crippen LogP contribution in [0.2, 0.25) is 0 Å². The highest BCUT2D eigenvalue weighted by Crippen LogP contribution is 2.48. The second-order valence-corrected chi connectivity index (χ2v) is 9.70. The number of amides is 1. The molecule has 0 atom stereocenters. The third-order valence-electron chi connectivity index (χ3n) is 6.67. The van der Waals surface area contributed by atoms with E-state index >= 15 is 0 Å². The molecule has 1 saturated carbocycles. The Morgan fingerprint density at radius 3 is 2.50 bits per heavy atom. The summed E-state index contributed by atoms with van der Waals surface area (Å²) in [6.45, 7) is 6.93. The quantitative estimate of drug-likeness (QED) is 0.652. The number of rotatable bonds is 6. The molecule has 6 heteroatoms. The summed E-state index contributed by atoms with van der Waals surface area (Å²) < 4.78 is 19.5. The number of carbonyl (C=O) groups is 1. The maximum absolute atomic E-state index is 13.5. The lowest BCUT2D eigenvalue weighted by Gasteiger charge is -2.45. The Kier molecular flexibility index (Phi) is 5.97. The lowest BCUT2D eigenvalue weighted by molar-refractivity contribution is 0.0892. The molecule has 1 amide bonds. The fourth-order valence-corrected chi connectivity index (χ4v) is 4.80. The van der Waals surface area contributed by atoms with Crippen molar-refractivity contribution in [3.8, 4) is 5.75 Å². The summed E-state index contributed by atoms with van der Waals surface area (Å²) in [6, 6.07) is 12.9. The smallest absolute Gasteiger partial charge is 0.407 e. The largest absolute Gasteiger partial charge is 0.492 e. The molecule has 4 rings (SSSR count). The first-order valence-corrected chi connectivity index (χ1v) is 11.3. The number of carboxylic acid groups (broad SMARTS) is 1. The Balaban J connectivity index is 1.56. The predicted molar refractivity (Wildman–Crippen MR) is 123 cm³/mol. The van der Waals surface area contributed by atoms with Crippen LogP contribution in [0.5, 0.6) is 5.75 Å². The number of aliphatic imine (C=N–C) groups is 1. The van der Waals surface area contributed by atoms with Gasteiger partial charge in [0, 0.05) is 23.1 Å². The summed E-state index contributed by atoms with van der Waals surface area (Å²) in [5.74, 6) is 0.488. The number of fused-ring (bicyclic) bond motifs is 1. The summed E-state index contributed by atoms with van der Waals surface area (Å²) >= 11 is 0. The van der Waals surface area contributed by atoms with Crippen LogP contribution < -0.4 is 4.74 Å². The van der Waals surface area contributed by atoms with Crippen LogP contribution in [0.4, 0.5) is 9.18 Å². The minimum Gasteiger partial charge on any atom is -0.492 e. The minimum atomic E-state index is -0.952. The van der Waals surface area contributed by atoms with E-state index in [4.69, 9.17) is 9.73 Å². The van der Waals surface area contributed by atoms with E-state index in [9.17, 15) is 14.3 Å². The van der Waals surface area contributed by atoms with E-state index in [0.29, 0.717) is 5.75 Å². The first kappa shape index (κ1) is 22.3. The van der Waals surface area contributed by atoms with Gasteiger partial charge in [0.2, 0.25) is 0 Å². The van der Waals surface area contributed by atoms with Crippen LogP contribution in [0.25, 0.3) is 0 Å². The SMILES string of the molecule is CC(C)(C)N(CCOc1ccc2c(c1)C(C1(c3ccc(F)cc3)CCC1)=NCC2)C(=O)O. The molecule has 0 radical (unpaired) electrons. The fraction of sp³-hybridized carbons (Fsp3) is 0.462. The topological polar surface area (TPSA) is 62.1 Å². The molecule has 2 aromatic carbocycles. The standard InChI is InChI=1S/C26H31FN2O3/c1-25(2,3)29(24(30)31)15-16-32-21-10-5-18-11-14-28-23(22(18)17-21)26(12-4-13-26)19-6-8-20(27)9-7-19/h5-10,17H,4,11-16H2,1-3H3,(H,30,31). The van der Waals surface area contributed by atoms with E-state index < -0.39 is 11.6 Å². The van der Waals surface area contributed by atoms with Gasteiger partial charge in [-0.05, 0) is 75.4 Å². The van der Waals surface area contributed by atoms with Crippen LogP contribution in [-0.2, 0) is 11.8 Å². The van der Waals surface area contributed by atoms with Crippen molar-refractivity contribution in [2.45, 2.75) is 57.4 Å². The molecule has 32 heavy (non-hydrogen) atoms. The zero-order chi connectivity index (χ0) is 22.9. The summed E-state index contributed by atoms with van der Waals surface area (Å²) in [5.41, 5.74) is 3.88. The first-order valence-electron chi connectivity index (χ1n) is 11.3. The van der Waals surface area contributed by atoms with Gasteiger partial charge in [0.15, 0.2) is 0 Å². The highest BCUT2D eigenvalue weighted by Gasteiger charge is 2.45. The molecule has 1 fully saturated rings. The van der Waals surface area contributed by atoms with Gasteiger partial charge < -0.3 is 14.7 Å². The number of nitrogens with zero attached hydrogens (tertiary/aromatic N) is 2. The number of ether oxygens (including phenoxy) is 1. The third kappa shape index (κ3) is 4.23. The molecular weight excluding hydrogens is 407 g/mol. The van der Waals surface area contributed by atoms with Crippen LogP contribution in [0.15, 0.2) is 47.5 Å². The number of halogens is 1. The van der Waals surface area contributed by atoms with Gasteiger partial charge in [0.25, 0.3) is 0 Å². The summed E-state index contributed by atoms with van der Waals surface area (Å²) in [6.07, 6.45) is 3.06. The third-order valence-corrected chi connectivity index (χ3v) is 6.67. The van der Waals surface area contributed by atoms with Gasteiger partial charge in [-0.25, -0.2) is 9.18 Å². The van der Waals surface area contributed by atoms with Gasteiger partial charge in [-0.3, -0.25) is 4.99 Å². The number of hydrogen-bond donors (Lipinski definition) is 1. The molecule has 5 nitrogen and oxygen atoms in total. The van der Waals surface area contributed by atoms with Crippen molar-refractivity contribution in [1.29, 1.82) is 0 Å². The molecule has 2 aliphatic rings. The predicted octanol–water partition coefficient (Wildman–Crippen LogP) is 5.45. The Labute approximate surface area is 188 Å². The summed E-state index contributed by atoms with van der Waals surface area (Å²) in [7, 11) is 0. The highest BCUT2D eigenvalue weighted by atomic mass is 19.1. The van der Waals surface area contributed by atoms with Crippen molar-refractivity contribution in [2.75, 3.05) is 19.7 Å². The normalized spacial score (nSPS) is 17.1. The van der Waals surface area contributed by atoms with Crippen LogP contribution in [-0.4, -0.2) is 47.0 Å². The van der Waals surface area contributed by atoms with Gasteiger partial charge in [-0.2, -0.15) is 0 Å². The molecule has 170 valence electrons. The molecule has 1 heterocycles. The lowest BCUT2D eigenvalue weighted by atomic mass is 9.59. The number of hydrogen-bond acceptors (Lipinski definition) is 3. The van der Waals surface area contributed by atoms with E-state index in [1.165, 1.54) is 22.6 Å². The maximum atomic E-state index is 13.5. The summed E-state index contributed by atoms with van der Waals surface area (Å²) in [5, 5.41) is 9.48. The Morgan fingerprint density at radius 2 is 1.91 bits per heavy atom. The maximum Gasteiger partial charge on any atom is 0.407 e. The van der Waals surface area contributed by atoms with Gasteiger partial charge in [0.05, 0.1) is 12.3 Å². The molecule has 0 saturated heterocycles. The van der Waals surface area contributed by atoms with Crippen molar-refractivity contribution < 1.29 is 19.0 Å². The van der Waals surface area contributed by atoms with E-state index in [2.05, 4.69) is 6.07 Å². The van der Waals surface area contributed by atoms with Crippen molar-refractivity contribution in [1.82, 2.24) is 4.90 Å². The highest BCUT2D eigenvalue weighted by molar-refractivity contribution is 6.10.